The SMILES string of the molecule is CCCCCCCc1ccc(S(=O)(=O)O)c(Oc2ccccc2[O-])c1.[Na+]. The number of aryl methyl sites for hydroxylation is 1. The largest absolute Gasteiger partial charge is 1.00 e. The molecule has 2 rings (SSSR count). The summed E-state index contributed by atoms with van der Waals surface area (Å²) in [5, 5.41) is 11.8. The first-order valence-electron chi connectivity index (χ1n) is 8.46. The maximum absolute atomic E-state index is 11.8. The van der Waals surface area contributed by atoms with Crippen LogP contribution in [0.1, 0.15) is 44.6 Å². The minimum atomic E-state index is -4.44. The predicted molar refractivity (Wildman–Crippen MR) is 94.7 cm³/mol. The van der Waals surface area contributed by atoms with Gasteiger partial charge in [0.05, 0.1) is 0 Å². The molecule has 0 bridgehead atoms. The molecule has 0 atom stereocenters. The van der Waals surface area contributed by atoms with Crippen molar-refractivity contribution in [2.45, 2.75) is 50.3 Å². The Kier molecular flexibility index (Phi) is 9.68. The molecule has 0 aliphatic heterocycles. The van der Waals surface area contributed by atoms with E-state index in [0.717, 1.165) is 24.8 Å². The van der Waals surface area contributed by atoms with Crippen molar-refractivity contribution in [3.8, 4) is 17.2 Å². The zero-order chi connectivity index (χ0) is 18.3. The summed E-state index contributed by atoms with van der Waals surface area (Å²) in [7, 11) is -4.44. The van der Waals surface area contributed by atoms with E-state index in [2.05, 4.69) is 6.92 Å². The second kappa shape index (κ2) is 10.9. The van der Waals surface area contributed by atoms with Crippen LogP contribution in [-0.4, -0.2) is 13.0 Å². The van der Waals surface area contributed by atoms with Crippen LogP contribution in [0.3, 0.4) is 0 Å². The van der Waals surface area contributed by atoms with Crippen molar-refractivity contribution >= 4 is 10.1 Å². The molecule has 5 nitrogen and oxygen atoms in total. The first-order valence-corrected chi connectivity index (χ1v) is 9.90. The van der Waals surface area contributed by atoms with Crippen molar-refractivity contribution in [3.63, 3.8) is 0 Å². The number of para-hydroxylation sites is 2. The maximum atomic E-state index is 11.8. The zero-order valence-corrected chi connectivity index (χ0v) is 18.1. The Bertz CT molecular complexity index is 805. The number of hydrogen-bond donors (Lipinski definition) is 1. The molecule has 0 aromatic heterocycles. The Balaban J connectivity index is 0.00000338. The first kappa shape index (κ1) is 23.0. The van der Waals surface area contributed by atoms with E-state index in [1.807, 2.05) is 0 Å². The molecular formula is C19H23NaO5S. The summed E-state index contributed by atoms with van der Waals surface area (Å²) < 4.78 is 38.0. The van der Waals surface area contributed by atoms with Crippen molar-refractivity contribution in [1.29, 1.82) is 0 Å². The Morgan fingerprint density at radius 1 is 1.00 bits per heavy atom. The Labute approximate surface area is 177 Å². The number of hydrogen-bond acceptors (Lipinski definition) is 4. The van der Waals surface area contributed by atoms with Crippen LogP contribution >= 0.6 is 0 Å². The van der Waals surface area contributed by atoms with Crippen molar-refractivity contribution in [1.82, 2.24) is 0 Å². The van der Waals surface area contributed by atoms with E-state index in [1.165, 1.54) is 37.5 Å². The molecule has 0 fully saturated rings. The minimum Gasteiger partial charge on any atom is -0.870 e. The van der Waals surface area contributed by atoms with Gasteiger partial charge >= 0.3 is 29.6 Å². The molecule has 0 aliphatic carbocycles. The average Bonchev–Trinajstić information content (AvgIpc) is 2.56. The molecule has 0 heterocycles. The second-order valence-corrected chi connectivity index (χ2v) is 7.36. The van der Waals surface area contributed by atoms with Gasteiger partial charge in [0, 0.05) is 0 Å². The van der Waals surface area contributed by atoms with Gasteiger partial charge in [-0.25, -0.2) is 0 Å². The molecular weight excluding hydrogens is 363 g/mol. The second-order valence-electron chi connectivity index (χ2n) is 5.97. The maximum Gasteiger partial charge on any atom is 1.00 e. The third kappa shape index (κ3) is 6.93. The molecule has 7 heteroatoms. The molecule has 0 unspecified atom stereocenters. The molecule has 0 saturated heterocycles. The number of unbranched alkanes of at least 4 members (excludes halogenated alkanes) is 4. The molecule has 26 heavy (non-hydrogen) atoms. The summed E-state index contributed by atoms with van der Waals surface area (Å²) >= 11 is 0. The third-order valence-electron chi connectivity index (χ3n) is 3.92. The summed E-state index contributed by atoms with van der Waals surface area (Å²) in [4.78, 5) is -0.342. The van der Waals surface area contributed by atoms with Crippen molar-refractivity contribution in [2.75, 3.05) is 0 Å². The summed E-state index contributed by atoms with van der Waals surface area (Å²) in [5.74, 6) is -0.363. The van der Waals surface area contributed by atoms with Gasteiger partial charge in [0.25, 0.3) is 10.1 Å². The average molecular weight is 386 g/mol. The van der Waals surface area contributed by atoms with Gasteiger partial charge in [-0.3, -0.25) is 4.55 Å². The molecule has 0 spiro atoms. The number of rotatable bonds is 9. The van der Waals surface area contributed by atoms with Crippen LogP contribution in [0.25, 0.3) is 0 Å². The van der Waals surface area contributed by atoms with Crippen molar-refractivity contribution in [3.05, 3.63) is 48.0 Å². The van der Waals surface area contributed by atoms with Crippen LogP contribution in [0.15, 0.2) is 47.4 Å². The van der Waals surface area contributed by atoms with Gasteiger partial charge in [-0.15, -0.1) is 0 Å². The van der Waals surface area contributed by atoms with Gasteiger partial charge in [-0.2, -0.15) is 8.42 Å². The smallest absolute Gasteiger partial charge is 0.870 e. The predicted octanol–water partition coefficient (Wildman–Crippen LogP) is 1.32. The number of benzene rings is 2. The van der Waals surface area contributed by atoms with Crippen LogP contribution < -0.4 is 39.4 Å². The van der Waals surface area contributed by atoms with E-state index in [0.29, 0.717) is 0 Å². The molecule has 136 valence electrons. The Morgan fingerprint density at radius 2 is 1.69 bits per heavy atom. The third-order valence-corrected chi connectivity index (χ3v) is 4.82. The Hall–Kier alpha value is -1.05. The van der Waals surface area contributed by atoms with E-state index in [4.69, 9.17) is 4.74 Å². The van der Waals surface area contributed by atoms with Crippen molar-refractivity contribution in [2.24, 2.45) is 0 Å². The van der Waals surface area contributed by atoms with E-state index in [1.54, 1.807) is 24.3 Å². The summed E-state index contributed by atoms with van der Waals surface area (Å²) in [5.41, 5.74) is 0.905. The standard InChI is InChI=1S/C19H24O5S.Na/c1-2-3-4-5-6-9-15-12-13-19(25(21,22)23)18(14-15)24-17-11-8-7-10-16(17)20;/h7-8,10-14,20H,2-6,9H2,1H3,(H,21,22,23);/q;+1/p-1. The monoisotopic (exact) mass is 386 g/mol. The molecule has 0 saturated carbocycles. The first-order chi connectivity index (χ1) is 11.9. The van der Waals surface area contributed by atoms with E-state index < -0.39 is 10.1 Å². The summed E-state index contributed by atoms with van der Waals surface area (Å²) in [6.45, 7) is 2.16. The Morgan fingerprint density at radius 3 is 2.35 bits per heavy atom. The molecule has 0 radical (unpaired) electrons. The van der Waals surface area contributed by atoms with Gasteiger partial charge in [-0.05, 0) is 36.6 Å². The number of ether oxygens (including phenoxy) is 1. The molecule has 2 aromatic carbocycles. The fraction of sp³-hybridized carbons (Fsp3) is 0.368. The van der Waals surface area contributed by atoms with Crippen molar-refractivity contribution < 1.29 is 52.4 Å². The molecule has 1 N–H and O–H groups in total. The zero-order valence-electron chi connectivity index (χ0n) is 15.3. The summed E-state index contributed by atoms with van der Waals surface area (Å²) in [6.07, 6.45) is 6.43. The topological polar surface area (TPSA) is 86.7 Å². The minimum absolute atomic E-state index is 0. The fourth-order valence-electron chi connectivity index (χ4n) is 2.59. The fourth-order valence-corrected chi connectivity index (χ4v) is 3.18. The van der Waals surface area contributed by atoms with Gasteiger partial charge in [-0.1, -0.05) is 62.6 Å². The summed E-state index contributed by atoms with van der Waals surface area (Å²) in [6, 6.07) is 10.6. The van der Waals surface area contributed by atoms with Crippen LogP contribution in [-0.2, 0) is 16.5 Å². The normalized spacial score (nSPS) is 11.0. The van der Waals surface area contributed by atoms with Crippen LogP contribution in [0, 0.1) is 0 Å². The van der Waals surface area contributed by atoms with E-state index in [9.17, 15) is 18.1 Å². The molecule has 0 aliphatic rings. The van der Waals surface area contributed by atoms with E-state index >= 15 is 0 Å². The van der Waals surface area contributed by atoms with Crippen LogP contribution in [0.4, 0.5) is 0 Å². The van der Waals surface area contributed by atoms with Crippen LogP contribution in [0.2, 0.25) is 0 Å². The van der Waals surface area contributed by atoms with Crippen LogP contribution in [0.5, 0.6) is 17.2 Å². The van der Waals surface area contributed by atoms with E-state index in [-0.39, 0.29) is 51.7 Å². The molecule has 2 aromatic rings. The molecule has 0 amide bonds. The van der Waals surface area contributed by atoms with Gasteiger partial charge in [0.1, 0.15) is 16.4 Å². The van der Waals surface area contributed by atoms with Gasteiger partial charge in [0.2, 0.25) is 0 Å². The quantitative estimate of drug-likeness (QED) is 0.399. The van der Waals surface area contributed by atoms with Gasteiger partial charge < -0.3 is 9.84 Å². The van der Waals surface area contributed by atoms with Gasteiger partial charge in [0.15, 0.2) is 0 Å².